The molecular formula is C13H5Cl4F3NO8S3-. The molecule has 2 aromatic carbocycles. The second-order valence-corrected chi connectivity index (χ2v) is 12.2. The predicted molar refractivity (Wildman–Crippen MR) is 107 cm³/mol. The molecule has 2 N–H and O–H groups in total. The van der Waals surface area contributed by atoms with Crippen LogP contribution in [-0.4, -0.2) is 40.4 Å². The lowest BCUT2D eigenvalue weighted by Crippen LogP contribution is -2.40. The van der Waals surface area contributed by atoms with E-state index in [1.54, 1.807) is 0 Å². The standard InChI is InChI=1S/C13H6Cl4F3NO8S3/c14-4-1-5(15)9(7(2-4)30(23,24)21-32(28,29)13(18,19)20)10-6(16)3-8(31(25,26)27)12(22)11(10)17/h1-3,21-22H,(H,25,26,27)/p-1. The molecule has 32 heavy (non-hydrogen) atoms. The monoisotopic (exact) mass is 596 g/mol. The van der Waals surface area contributed by atoms with E-state index < -0.39 is 82.4 Å². The maximum Gasteiger partial charge on any atom is 0.512 e. The first-order valence-electron chi connectivity index (χ1n) is 7.22. The summed E-state index contributed by atoms with van der Waals surface area (Å²) in [6.07, 6.45) is 0. The summed E-state index contributed by atoms with van der Waals surface area (Å²) in [5.74, 6) is -1.38. The number of rotatable bonds is 5. The Hall–Kier alpha value is -1.04. The highest BCUT2D eigenvalue weighted by Crippen LogP contribution is 2.48. The number of phenols is 1. The van der Waals surface area contributed by atoms with Crippen molar-refractivity contribution in [3.05, 3.63) is 38.3 Å². The summed E-state index contributed by atoms with van der Waals surface area (Å²) in [5, 5.41) is 7.01. The molecule has 178 valence electrons. The van der Waals surface area contributed by atoms with E-state index >= 15 is 0 Å². The molecule has 0 aliphatic heterocycles. The molecule has 0 fully saturated rings. The number of halogens is 7. The van der Waals surface area contributed by atoms with E-state index in [1.807, 2.05) is 0 Å². The number of hydrogen-bond donors (Lipinski definition) is 2. The summed E-state index contributed by atoms with van der Waals surface area (Å²) in [6.45, 7) is 0. The molecule has 0 aliphatic carbocycles. The predicted octanol–water partition coefficient (Wildman–Crippen LogP) is 3.70. The molecule has 0 bridgehead atoms. The summed E-state index contributed by atoms with van der Waals surface area (Å²) in [4.78, 5) is -2.59. The van der Waals surface area contributed by atoms with Gasteiger partial charge in [-0.25, -0.2) is 25.3 Å². The molecule has 9 nitrogen and oxygen atoms in total. The van der Waals surface area contributed by atoms with Gasteiger partial charge in [-0.1, -0.05) is 50.5 Å². The molecule has 0 heterocycles. The van der Waals surface area contributed by atoms with Crippen LogP contribution in [0.4, 0.5) is 13.2 Å². The number of alkyl halides is 3. The van der Waals surface area contributed by atoms with Gasteiger partial charge in [0.2, 0.25) is 0 Å². The first-order chi connectivity index (χ1) is 14.2. The SMILES string of the molecule is O=S(=O)([O-])c1cc(Cl)c(-c2c(Cl)cc(Cl)cc2S(=O)(=O)NS(=O)(=O)C(F)(F)F)c(Cl)c1O. The number of aromatic hydroxyl groups is 1. The lowest BCUT2D eigenvalue weighted by atomic mass is 10.0. The molecule has 19 heteroatoms. The summed E-state index contributed by atoms with van der Waals surface area (Å²) in [5.41, 5.74) is -7.65. The maximum atomic E-state index is 12.7. The van der Waals surface area contributed by atoms with Crippen LogP contribution in [0, 0.1) is 0 Å². The zero-order chi connectivity index (χ0) is 25.0. The van der Waals surface area contributed by atoms with Crippen molar-refractivity contribution in [2.45, 2.75) is 15.3 Å². The van der Waals surface area contributed by atoms with Crippen molar-refractivity contribution < 1.29 is 48.1 Å². The molecular weight excluding hydrogens is 593 g/mol. The van der Waals surface area contributed by atoms with Crippen molar-refractivity contribution in [1.29, 1.82) is 0 Å². The van der Waals surface area contributed by atoms with Gasteiger partial charge in [-0.15, -0.1) is 0 Å². The van der Waals surface area contributed by atoms with Gasteiger partial charge in [0.25, 0.3) is 10.0 Å². The number of phenolic OH excluding ortho intramolecular Hbond substituents is 1. The minimum Gasteiger partial charge on any atom is -0.744 e. The summed E-state index contributed by atoms with van der Waals surface area (Å²) >= 11 is 23.3. The van der Waals surface area contributed by atoms with E-state index in [0.717, 1.165) is 6.07 Å². The molecule has 0 radical (unpaired) electrons. The zero-order valence-corrected chi connectivity index (χ0v) is 19.9. The van der Waals surface area contributed by atoms with Crippen LogP contribution in [-0.2, 0) is 30.2 Å². The third-order valence-electron chi connectivity index (χ3n) is 3.51. The minimum atomic E-state index is -6.44. The first-order valence-corrected chi connectivity index (χ1v) is 13.1. The molecule has 0 spiro atoms. The second kappa shape index (κ2) is 8.63. The van der Waals surface area contributed by atoms with Gasteiger partial charge in [0.1, 0.15) is 10.1 Å². The zero-order valence-electron chi connectivity index (χ0n) is 14.4. The van der Waals surface area contributed by atoms with E-state index in [2.05, 4.69) is 0 Å². The lowest BCUT2D eigenvalue weighted by Gasteiger charge is -2.19. The third-order valence-corrected chi connectivity index (χ3v) is 8.81. The fourth-order valence-electron chi connectivity index (χ4n) is 2.25. The van der Waals surface area contributed by atoms with Crippen molar-refractivity contribution in [3.63, 3.8) is 0 Å². The number of hydrogen-bond acceptors (Lipinski definition) is 8. The largest absolute Gasteiger partial charge is 0.744 e. The van der Waals surface area contributed by atoms with Gasteiger partial charge < -0.3 is 9.66 Å². The smallest absolute Gasteiger partial charge is 0.512 e. The van der Waals surface area contributed by atoms with Crippen LogP contribution in [0.15, 0.2) is 28.0 Å². The van der Waals surface area contributed by atoms with Gasteiger partial charge in [0.05, 0.1) is 24.9 Å². The van der Waals surface area contributed by atoms with E-state index in [0.29, 0.717) is 16.3 Å². The molecule has 2 rings (SSSR count). The van der Waals surface area contributed by atoms with E-state index in [4.69, 9.17) is 46.4 Å². The van der Waals surface area contributed by atoms with Crippen molar-refractivity contribution in [2.24, 2.45) is 0 Å². The van der Waals surface area contributed by atoms with Crippen LogP contribution >= 0.6 is 46.4 Å². The van der Waals surface area contributed by atoms with Crippen LogP contribution in [0.2, 0.25) is 20.1 Å². The number of nitrogens with one attached hydrogen (secondary N) is 1. The van der Waals surface area contributed by atoms with Gasteiger partial charge >= 0.3 is 15.5 Å². The lowest BCUT2D eigenvalue weighted by molar-refractivity contribution is -0.0441. The Kier molecular flexibility index (Phi) is 7.34. The van der Waals surface area contributed by atoms with Crippen LogP contribution in [0.25, 0.3) is 11.1 Å². The molecule has 0 amide bonds. The molecule has 0 unspecified atom stereocenters. The maximum absolute atomic E-state index is 12.7. The molecule has 2 aromatic rings. The van der Waals surface area contributed by atoms with Gasteiger partial charge in [0.15, 0.2) is 5.75 Å². The fraction of sp³-hybridized carbons (Fsp3) is 0.0769. The summed E-state index contributed by atoms with van der Waals surface area (Å²) in [6, 6.07) is 1.72. The summed E-state index contributed by atoms with van der Waals surface area (Å²) < 4.78 is 120. The van der Waals surface area contributed by atoms with E-state index in [1.165, 1.54) is 0 Å². The Balaban J connectivity index is 2.95. The topological polar surface area (TPSA) is 158 Å². The second-order valence-electron chi connectivity index (χ2n) is 5.64. The normalized spacial score (nSPS) is 13.4. The van der Waals surface area contributed by atoms with Crippen molar-refractivity contribution in [2.75, 3.05) is 0 Å². The molecule has 0 aliphatic rings. The fourth-order valence-corrected chi connectivity index (χ4v) is 6.98. The Morgan fingerprint density at radius 2 is 1.34 bits per heavy atom. The summed E-state index contributed by atoms with van der Waals surface area (Å²) in [7, 11) is -17.4. The molecule has 0 saturated carbocycles. The van der Waals surface area contributed by atoms with E-state index in [-0.39, 0.29) is 0 Å². The average molecular weight is 598 g/mol. The van der Waals surface area contributed by atoms with Gasteiger partial charge in [0, 0.05) is 16.1 Å². The quantitative estimate of drug-likeness (QED) is 0.494. The van der Waals surface area contributed by atoms with E-state index in [9.17, 15) is 48.1 Å². The Morgan fingerprint density at radius 1 is 0.844 bits per heavy atom. The van der Waals surface area contributed by atoms with Gasteiger partial charge in [-0.3, -0.25) is 0 Å². The van der Waals surface area contributed by atoms with Crippen LogP contribution in [0.5, 0.6) is 5.75 Å². The highest BCUT2D eigenvalue weighted by atomic mass is 35.5. The highest BCUT2D eigenvalue weighted by molar-refractivity contribution is 8.05. The molecule has 0 saturated heterocycles. The molecule has 0 atom stereocenters. The number of benzene rings is 2. The minimum absolute atomic E-state index is 0.377. The van der Waals surface area contributed by atoms with Gasteiger partial charge in [-0.2, -0.15) is 13.2 Å². The number of sulfonamides is 2. The average Bonchev–Trinajstić information content (AvgIpc) is 2.56. The highest BCUT2D eigenvalue weighted by Gasteiger charge is 2.49. The van der Waals surface area contributed by atoms with Crippen molar-refractivity contribution in [3.8, 4) is 16.9 Å². The Bertz CT molecular complexity index is 1440. The van der Waals surface area contributed by atoms with Crippen LogP contribution in [0.3, 0.4) is 0 Å². The molecule has 0 aromatic heterocycles. The van der Waals surface area contributed by atoms with Crippen LogP contribution < -0.4 is 4.13 Å². The first kappa shape index (κ1) is 27.2. The van der Waals surface area contributed by atoms with Crippen LogP contribution in [0.1, 0.15) is 0 Å². The Morgan fingerprint density at radius 3 is 1.81 bits per heavy atom. The van der Waals surface area contributed by atoms with Crippen molar-refractivity contribution >= 4 is 76.6 Å². The van der Waals surface area contributed by atoms with Gasteiger partial charge in [-0.05, 0) is 18.2 Å². The third kappa shape index (κ3) is 5.20. The Labute approximate surface area is 198 Å². The van der Waals surface area contributed by atoms with Crippen molar-refractivity contribution in [1.82, 2.24) is 4.13 Å².